The standard InChI is InChI=1S/C15H14O4/c1-19-12-7-8-13(14(17)9-12)15(18,10-16)11-5-3-2-4-6-11/h2-10,17-18H,1H3. The predicted octanol–water partition coefficient (Wildman–Crippen LogP) is 1.84. The molecule has 0 aliphatic heterocycles. The van der Waals surface area contributed by atoms with Crippen molar-refractivity contribution in [2.24, 2.45) is 0 Å². The number of hydrogen-bond donors (Lipinski definition) is 2. The van der Waals surface area contributed by atoms with Crippen molar-refractivity contribution >= 4 is 6.29 Å². The Kier molecular flexibility index (Phi) is 3.53. The first-order chi connectivity index (χ1) is 9.11. The number of aliphatic hydroxyl groups is 1. The molecule has 0 amide bonds. The Hall–Kier alpha value is -2.33. The molecule has 2 aromatic carbocycles. The summed E-state index contributed by atoms with van der Waals surface area (Å²) in [7, 11) is 1.47. The Morgan fingerprint density at radius 3 is 2.37 bits per heavy atom. The molecular formula is C15H14O4. The number of aromatic hydroxyl groups is 1. The first-order valence-electron chi connectivity index (χ1n) is 5.73. The van der Waals surface area contributed by atoms with Crippen LogP contribution in [0.1, 0.15) is 11.1 Å². The van der Waals surface area contributed by atoms with Gasteiger partial charge in [-0.1, -0.05) is 30.3 Å². The summed E-state index contributed by atoms with van der Waals surface area (Å²) in [6.07, 6.45) is 0.407. The second kappa shape index (κ2) is 5.12. The zero-order valence-corrected chi connectivity index (χ0v) is 10.4. The highest BCUT2D eigenvalue weighted by Gasteiger charge is 2.33. The third-order valence-corrected chi connectivity index (χ3v) is 3.00. The minimum Gasteiger partial charge on any atom is -0.507 e. The molecular weight excluding hydrogens is 244 g/mol. The van der Waals surface area contributed by atoms with Gasteiger partial charge in [0, 0.05) is 11.6 Å². The molecule has 4 nitrogen and oxygen atoms in total. The molecule has 0 fully saturated rings. The average Bonchev–Trinajstić information content (AvgIpc) is 2.47. The van der Waals surface area contributed by atoms with Crippen molar-refractivity contribution in [1.82, 2.24) is 0 Å². The van der Waals surface area contributed by atoms with Crippen LogP contribution >= 0.6 is 0 Å². The Labute approximate surface area is 110 Å². The highest BCUT2D eigenvalue weighted by molar-refractivity contribution is 5.74. The van der Waals surface area contributed by atoms with E-state index in [1.54, 1.807) is 36.4 Å². The van der Waals surface area contributed by atoms with E-state index in [0.29, 0.717) is 17.6 Å². The van der Waals surface area contributed by atoms with Gasteiger partial charge in [-0.2, -0.15) is 0 Å². The fourth-order valence-corrected chi connectivity index (χ4v) is 1.94. The molecule has 0 aliphatic rings. The van der Waals surface area contributed by atoms with E-state index in [4.69, 9.17) is 4.74 Å². The van der Waals surface area contributed by atoms with Crippen molar-refractivity contribution in [3.8, 4) is 11.5 Å². The van der Waals surface area contributed by atoms with Gasteiger partial charge in [0.2, 0.25) is 0 Å². The van der Waals surface area contributed by atoms with Crippen LogP contribution in [0.4, 0.5) is 0 Å². The number of methoxy groups -OCH3 is 1. The number of carbonyl (C=O) groups excluding carboxylic acids is 1. The Morgan fingerprint density at radius 1 is 1.16 bits per heavy atom. The van der Waals surface area contributed by atoms with Crippen LogP contribution in [0.3, 0.4) is 0 Å². The molecule has 4 heteroatoms. The van der Waals surface area contributed by atoms with Gasteiger partial charge in [0.1, 0.15) is 11.5 Å². The van der Waals surface area contributed by atoms with Gasteiger partial charge in [0.15, 0.2) is 11.9 Å². The lowest BCUT2D eigenvalue weighted by Crippen LogP contribution is -2.29. The summed E-state index contributed by atoms with van der Waals surface area (Å²) in [4.78, 5) is 11.3. The Bertz CT molecular complexity index is 580. The summed E-state index contributed by atoms with van der Waals surface area (Å²) in [5.41, 5.74) is -1.36. The fourth-order valence-electron chi connectivity index (χ4n) is 1.94. The van der Waals surface area contributed by atoms with E-state index in [2.05, 4.69) is 0 Å². The molecule has 0 saturated carbocycles. The second-order valence-corrected chi connectivity index (χ2v) is 4.13. The van der Waals surface area contributed by atoms with Crippen molar-refractivity contribution < 1.29 is 19.7 Å². The number of aldehydes is 1. The van der Waals surface area contributed by atoms with Crippen LogP contribution in [-0.4, -0.2) is 23.6 Å². The quantitative estimate of drug-likeness (QED) is 0.821. The maximum absolute atomic E-state index is 11.3. The number of benzene rings is 2. The predicted molar refractivity (Wildman–Crippen MR) is 70.2 cm³/mol. The lowest BCUT2D eigenvalue weighted by Gasteiger charge is -2.23. The van der Waals surface area contributed by atoms with E-state index in [-0.39, 0.29) is 11.3 Å². The van der Waals surface area contributed by atoms with Gasteiger partial charge in [0.25, 0.3) is 0 Å². The molecule has 1 unspecified atom stereocenters. The molecule has 0 heterocycles. The highest BCUT2D eigenvalue weighted by Crippen LogP contribution is 2.35. The first kappa shape index (κ1) is 13.1. The van der Waals surface area contributed by atoms with E-state index in [9.17, 15) is 15.0 Å². The zero-order valence-electron chi connectivity index (χ0n) is 10.4. The van der Waals surface area contributed by atoms with Crippen LogP contribution in [-0.2, 0) is 10.4 Å². The maximum Gasteiger partial charge on any atom is 0.174 e. The van der Waals surface area contributed by atoms with Gasteiger partial charge in [0.05, 0.1) is 7.11 Å². The molecule has 0 spiro atoms. The van der Waals surface area contributed by atoms with Gasteiger partial charge in [-0.05, 0) is 17.7 Å². The zero-order chi connectivity index (χ0) is 13.9. The Morgan fingerprint density at radius 2 is 1.84 bits per heavy atom. The molecule has 1 atom stereocenters. The summed E-state index contributed by atoms with van der Waals surface area (Å²) in [6, 6.07) is 12.8. The molecule has 98 valence electrons. The molecule has 2 aromatic rings. The smallest absolute Gasteiger partial charge is 0.174 e. The Balaban J connectivity index is 2.56. The third kappa shape index (κ3) is 2.30. The molecule has 0 radical (unpaired) electrons. The fraction of sp³-hybridized carbons (Fsp3) is 0.133. The molecule has 2 N–H and O–H groups in total. The number of rotatable bonds is 4. The number of ether oxygens (including phenoxy) is 1. The monoisotopic (exact) mass is 258 g/mol. The van der Waals surface area contributed by atoms with E-state index < -0.39 is 5.60 Å². The molecule has 19 heavy (non-hydrogen) atoms. The molecule has 0 saturated heterocycles. The normalized spacial score (nSPS) is 13.6. The summed E-state index contributed by atoms with van der Waals surface area (Å²) >= 11 is 0. The summed E-state index contributed by atoms with van der Waals surface area (Å²) in [5, 5.41) is 20.5. The van der Waals surface area contributed by atoms with Crippen molar-refractivity contribution in [3.05, 3.63) is 59.7 Å². The van der Waals surface area contributed by atoms with E-state index in [0.717, 1.165) is 0 Å². The first-order valence-corrected chi connectivity index (χ1v) is 5.73. The second-order valence-electron chi connectivity index (χ2n) is 4.13. The van der Waals surface area contributed by atoms with E-state index in [1.807, 2.05) is 0 Å². The van der Waals surface area contributed by atoms with E-state index in [1.165, 1.54) is 19.2 Å². The topological polar surface area (TPSA) is 66.8 Å². The van der Waals surface area contributed by atoms with Gasteiger partial charge in [-0.25, -0.2) is 0 Å². The van der Waals surface area contributed by atoms with Crippen LogP contribution < -0.4 is 4.74 Å². The number of phenolic OH excluding ortho intramolecular Hbond substituents is 1. The van der Waals surface area contributed by atoms with Gasteiger partial charge >= 0.3 is 0 Å². The lowest BCUT2D eigenvalue weighted by atomic mass is 9.87. The van der Waals surface area contributed by atoms with Crippen molar-refractivity contribution in [3.63, 3.8) is 0 Å². The molecule has 0 bridgehead atoms. The average molecular weight is 258 g/mol. The molecule has 2 rings (SSSR count). The van der Waals surface area contributed by atoms with Crippen molar-refractivity contribution in [2.45, 2.75) is 5.60 Å². The van der Waals surface area contributed by atoms with Crippen molar-refractivity contribution in [1.29, 1.82) is 0 Å². The van der Waals surface area contributed by atoms with Crippen LogP contribution in [0.5, 0.6) is 11.5 Å². The third-order valence-electron chi connectivity index (χ3n) is 3.00. The van der Waals surface area contributed by atoms with Crippen LogP contribution in [0.15, 0.2) is 48.5 Å². The van der Waals surface area contributed by atoms with Crippen LogP contribution in [0, 0.1) is 0 Å². The minimum absolute atomic E-state index is 0.120. The van der Waals surface area contributed by atoms with Crippen LogP contribution in [0.2, 0.25) is 0 Å². The highest BCUT2D eigenvalue weighted by atomic mass is 16.5. The van der Waals surface area contributed by atoms with Gasteiger partial charge < -0.3 is 14.9 Å². The lowest BCUT2D eigenvalue weighted by molar-refractivity contribution is -0.121. The van der Waals surface area contributed by atoms with E-state index >= 15 is 0 Å². The maximum atomic E-state index is 11.3. The van der Waals surface area contributed by atoms with Crippen LogP contribution in [0.25, 0.3) is 0 Å². The molecule has 0 aliphatic carbocycles. The largest absolute Gasteiger partial charge is 0.507 e. The molecule has 0 aromatic heterocycles. The summed E-state index contributed by atoms with van der Waals surface area (Å²) < 4.78 is 4.97. The summed E-state index contributed by atoms with van der Waals surface area (Å²) in [5.74, 6) is 0.250. The number of carbonyl (C=O) groups is 1. The van der Waals surface area contributed by atoms with Crippen molar-refractivity contribution in [2.75, 3.05) is 7.11 Å². The number of hydrogen-bond acceptors (Lipinski definition) is 4. The van der Waals surface area contributed by atoms with Gasteiger partial charge in [-0.15, -0.1) is 0 Å². The SMILES string of the molecule is COc1ccc(C(O)(C=O)c2ccccc2)c(O)c1. The number of phenols is 1. The summed E-state index contributed by atoms with van der Waals surface area (Å²) in [6.45, 7) is 0. The minimum atomic E-state index is -1.88. The van der Waals surface area contributed by atoms with Gasteiger partial charge in [-0.3, -0.25) is 4.79 Å².